The highest BCUT2D eigenvalue weighted by molar-refractivity contribution is 5.75. The zero-order valence-corrected chi connectivity index (χ0v) is 14.7. The van der Waals surface area contributed by atoms with Crippen LogP contribution in [0.4, 0.5) is 0 Å². The summed E-state index contributed by atoms with van der Waals surface area (Å²) in [5, 5.41) is 10.2. The fraction of sp³-hybridized carbons (Fsp3) is 0.364. The molecule has 2 aliphatic rings. The molecule has 4 heteroatoms. The normalized spacial score (nSPS) is 22.7. The number of rotatable bonds is 5. The van der Waals surface area contributed by atoms with E-state index in [2.05, 4.69) is 11.0 Å². The maximum absolute atomic E-state index is 11.8. The fourth-order valence-electron chi connectivity index (χ4n) is 4.29. The molecule has 4 nitrogen and oxygen atoms in total. The van der Waals surface area contributed by atoms with Gasteiger partial charge in [-0.15, -0.1) is 0 Å². The minimum Gasteiger partial charge on any atom is -0.465 e. The Kier molecular flexibility index (Phi) is 4.48. The Morgan fingerprint density at radius 2 is 1.65 bits per heavy atom. The zero-order valence-electron chi connectivity index (χ0n) is 14.7. The quantitative estimate of drug-likeness (QED) is 0.781. The van der Waals surface area contributed by atoms with Gasteiger partial charge in [-0.25, -0.2) is 0 Å². The number of carbonyl (C=O) groups is 1. The van der Waals surface area contributed by atoms with E-state index in [9.17, 15) is 10.1 Å². The lowest BCUT2D eigenvalue weighted by Crippen LogP contribution is -2.33. The van der Waals surface area contributed by atoms with Crippen LogP contribution in [0.3, 0.4) is 0 Å². The molecular formula is C22H22N2O2. The molecule has 2 aliphatic heterocycles. The highest BCUT2D eigenvalue weighted by atomic mass is 16.5. The second kappa shape index (κ2) is 6.93. The summed E-state index contributed by atoms with van der Waals surface area (Å²) < 4.78 is 5.16. The molecule has 0 spiro atoms. The molecule has 2 heterocycles. The van der Waals surface area contributed by atoms with Crippen LogP contribution >= 0.6 is 0 Å². The van der Waals surface area contributed by atoms with Crippen molar-refractivity contribution in [3.63, 3.8) is 0 Å². The molecule has 4 rings (SSSR count). The van der Waals surface area contributed by atoms with Gasteiger partial charge in [0.15, 0.2) is 0 Å². The molecule has 0 aromatic heterocycles. The standard InChI is InChI=1S/C22H22N2O2/c23-16-22(18-7-3-1-4-8-18,19-9-5-2-6-10-19)11-12-24-13-17-15-26-21(25)20(17)14-24/h1-10,17,20H,11-15H2/t17-,20-/m1/s1. The zero-order chi connectivity index (χ0) is 18.0. The van der Waals surface area contributed by atoms with E-state index in [0.29, 0.717) is 18.9 Å². The van der Waals surface area contributed by atoms with E-state index in [-0.39, 0.29) is 11.9 Å². The number of carbonyl (C=O) groups excluding carboxylic acids is 1. The Morgan fingerprint density at radius 3 is 2.19 bits per heavy atom. The summed E-state index contributed by atoms with van der Waals surface area (Å²) in [7, 11) is 0. The van der Waals surface area contributed by atoms with Crippen molar-refractivity contribution in [2.24, 2.45) is 11.8 Å². The van der Waals surface area contributed by atoms with Crippen LogP contribution in [0.25, 0.3) is 0 Å². The van der Waals surface area contributed by atoms with Gasteiger partial charge in [0.05, 0.1) is 18.6 Å². The number of nitrogens with zero attached hydrogens (tertiary/aromatic N) is 2. The molecule has 0 amide bonds. The molecule has 0 saturated carbocycles. The average molecular weight is 346 g/mol. The van der Waals surface area contributed by atoms with Gasteiger partial charge in [0.1, 0.15) is 5.41 Å². The number of benzene rings is 2. The molecule has 26 heavy (non-hydrogen) atoms. The Morgan fingerprint density at radius 1 is 1.04 bits per heavy atom. The molecule has 0 radical (unpaired) electrons. The molecule has 2 aromatic carbocycles. The predicted octanol–water partition coefficient (Wildman–Crippen LogP) is 2.99. The largest absolute Gasteiger partial charge is 0.465 e. The first-order valence-electron chi connectivity index (χ1n) is 9.14. The number of ether oxygens (including phenoxy) is 1. The van der Waals surface area contributed by atoms with E-state index in [1.54, 1.807) is 0 Å². The number of likely N-dealkylation sites (tertiary alicyclic amines) is 1. The highest BCUT2D eigenvalue weighted by Gasteiger charge is 2.44. The van der Waals surface area contributed by atoms with E-state index in [1.807, 2.05) is 60.7 Å². The van der Waals surface area contributed by atoms with Crippen LogP contribution in [0, 0.1) is 23.2 Å². The molecule has 2 atom stereocenters. The van der Waals surface area contributed by atoms with Gasteiger partial charge in [-0.1, -0.05) is 60.7 Å². The highest BCUT2D eigenvalue weighted by Crippen LogP contribution is 2.37. The van der Waals surface area contributed by atoms with Crippen molar-refractivity contribution in [3.05, 3.63) is 71.8 Å². The van der Waals surface area contributed by atoms with Crippen molar-refractivity contribution in [2.75, 3.05) is 26.2 Å². The Balaban J connectivity index is 1.59. The van der Waals surface area contributed by atoms with E-state index in [4.69, 9.17) is 4.74 Å². The first-order chi connectivity index (χ1) is 12.7. The van der Waals surface area contributed by atoms with E-state index in [0.717, 1.165) is 30.8 Å². The summed E-state index contributed by atoms with van der Waals surface area (Å²) in [6, 6.07) is 22.6. The van der Waals surface area contributed by atoms with Crippen molar-refractivity contribution >= 4 is 5.97 Å². The van der Waals surface area contributed by atoms with Crippen LogP contribution in [0.1, 0.15) is 17.5 Å². The van der Waals surface area contributed by atoms with E-state index < -0.39 is 5.41 Å². The van der Waals surface area contributed by atoms with Crippen LogP contribution < -0.4 is 0 Å². The van der Waals surface area contributed by atoms with Crippen molar-refractivity contribution in [1.29, 1.82) is 5.26 Å². The summed E-state index contributed by atoms with van der Waals surface area (Å²) in [4.78, 5) is 14.1. The molecule has 0 N–H and O–H groups in total. The second-order valence-electron chi connectivity index (χ2n) is 7.26. The van der Waals surface area contributed by atoms with Gasteiger partial charge in [-0.2, -0.15) is 5.26 Å². The monoisotopic (exact) mass is 346 g/mol. The first-order valence-corrected chi connectivity index (χ1v) is 9.14. The summed E-state index contributed by atoms with van der Waals surface area (Å²) >= 11 is 0. The van der Waals surface area contributed by atoms with Crippen LogP contribution in [-0.4, -0.2) is 37.1 Å². The topological polar surface area (TPSA) is 53.3 Å². The molecule has 2 saturated heterocycles. The number of esters is 1. The van der Waals surface area contributed by atoms with Gasteiger partial charge in [0.25, 0.3) is 0 Å². The molecule has 0 unspecified atom stereocenters. The third kappa shape index (κ3) is 2.89. The van der Waals surface area contributed by atoms with Crippen molar-refractivity contribution in [2.45, 2.75) is 11.8 Å². The fourth-order valence-corrected chi connectivity index (χ4v) is 4.29. The van der Waals surface area contributed by atoms with Crippen molar-refractivity contribution in [1.82, 2.24) is 4.90 Å². The van der Waals surface area contributed by atoms with Gasteiger partial charge in [-0.05, 0) is 17.5 Å². The lowest BCUT2D eigenvalue weighted by Gasteiger charge is -2.30. The van der Waals surface area contributed by atoms with Gasteiger partial charge in [0, 0.05) is 25.6 Å². The van der Waals surface area contributed by atoms with Gasteiger partial charge < -0.3 is 9.64 Å². The maximum Gasteiger partial charge on any atom is 0.310 e. The van der Waals surface area contributed by atoms with Crippen molar-refractivity contribution in [3.8, 4) is 6.07 Å². The molecule has 0 aliphatic carbocycles. The van der Waals surface area contributed by atoms with Crippen LogP contribution in [0.15, 0.2) is 60.7 Å². The number of cyclic esters (lactones) is 1. The maximum atomic E-state index is 11.8. The number of hydrogen-bond acceptors (Lipinski definition) is 4. The lowest BCUT2D eigenvalue weighted by atomic mass is 9.73. The number of hydrogen-bond donors (Lipinski definition) is 0. The van der Waals surface area contributed by atoms with E-state index >= 15 is 0 Å². The summed E-state index contributed by atoms with van der Waals surface area (Å²) in [6.07, 6.45) is 0.700. The van der Waals surface area contributed by atoms with Crippen LogP contribution in [0.5, 0.6) is 0 Å². The SMILES string of the molecule is N#CC(CCN1C[C@@H]2COC(=O)[C@@H]2C1)(c1ccccc1)c1ccccc1. The second-order valence-corrected chi connectivity index (χ2v) is 7.26. The first kappa shape index (κ1) is 16.8. The molecular weight excluding hydrogens is 324 g/mol. The van der Waals surface area contributed by atoms with Crippen molar-refractivity contribution < 1.29 is 9.53 Å². The third-order valence-corrected chi connectivity index (χ3v) is 5.79. The van der Waals surface area contributed by atoms with Gasteiger partial charge in [0.2, 0.25) is 0 Å². The number of nitriles is 1. The Hall–Kier alpha value is -2.64. The minimum atomic E-state index is -0.680. The minimum absolute atomic E-state index is 0.0138. The summed E-state index contributed by atoms with van der Waals surface area (Å²) in [6.45, 7) is 2.95. The van der Waals surface area contributed by atoms with Crippen LogP contribution in [0.2, 0.25) is 0 Å². The molecule has 132 valence electrons. The molecule has 2 aromatic rings. The van der Waals surface area contributed by atoms with Gasteiger partial charge >= 0.3 is 5.97 Å². The summed E-state index contributed by atoms with van der Waals surface area (Å²) in [5.41, 5.74) is 1.36. The van der Waals surface area contributed by atoms with Gasteiger partial charge in [-0.3, -0.25) is 4.79 Å². The number of fused-ring (bicyclic) bond motifs is 1. The lowest BCUT2D eigenvalue weighted by molar-refractivity contribution is -0.141. The molecule has 0 bridgehead atoms. The average Bonchev–Trinajstić information content (AvgIpc) is 3.26. The third-order valence-electron chi connectivity index (χ3n) is 5.79. The van der Waals surface area contributed by atoms with Crippen LogP contribution in [-0.2, 0) is 14.9 Å². The smallest absolute Gasteiger partial charge is 0.310 e. The Labute approximate surface area is 154 Å². The Bertz CT molecular complexity index is 774. The molecule has 2 fully saturated rings. The predicted molar refractivity (Wildman–Crippen MR) is 98.3 cm³/mol. The van der Waals surface area contributed by atoms with E-state index in [1.165, 1.54) is 0 Å². The summed E-state index contributed by atoms with van der Waals surface area (Å²) in [5.74, 6) is 0.266.